The van der Waals surface area contributed by atoms with Gasteiger partial charge >= 0.3 is 6.61 Å². The fourth-order valence-electron chi connectivity index (χ4n) is 2.12. The van der Waals surface area contributed by atoms with Crippen LogP contribution in [0.5, 0.6) is 11.5 Å². The Morgan fingerprint density at radius 2 is 1.64 bits per heavy atom. The quantitative estimate of drug-likeness (QED) is 0.723. The molecule has 0 spiro atoms. The van der Waals surface area contributed by atoms with Crippen LogP contribution in [0.4, 0.5) is 13.2 Å². The van der Waals surface area contributed by atoms with E-state index in [-0.39, 0.29) is 30.5 Å². The summed E-state index contributed by atoms with van der Waals surface area (Å²) in [6, 6.07) is 11.6. The van der Waals surface area contributed by atoms with Crippen molar-refractivity contribution in [3.63, 3.8) is 0 Å². The third kappa shape index (κ3) is 6.37. The normalized spacial score (nSPS) is 10.6. The van der Waals surface area contributed by atoms with Crippen molar-refractivity contribution >= 4 is 5.91 Å². The lowest BCUT2D eigenvalue weighted by molar-refractivity contribution is -0.130. The molecular formula is C18H18F3NO3. The van der Waals surface area contributed by atoms with Crippen molar-refractivity contribution in [3.8, 4) is 11.5 Å². The van der Waals surface area contributed by atoms with Gasteiger partial charge in [-0.2, -0.15) is 8.78 Å². The SMILES string of the molecule is CN(Cc1ccc(OC(F)F)cc1)C(=O)CCOc1ccc(F)cc1. The topological polar surface area (TPSA) is 38.8 Å². The summed E-state index contributed by atoms with van der Waals surface area (Å²) in [4.78, 5) is 13.6. The van der Waals surface area contributed by atoms with Crippen LogP contribution < -0.4 is 9.47 Å². The van der Waals surface area contributed by atoms with Crippen LogP contribution in [0.15, 0.2) is 48.5 Å². The second-order valence-electron chi connectivity index (χ2n) is 5.32. The number of rotatable bonds is 8. The first-order chi connectivity index (χ1) is 11.9. The van der Waals surface area contributed by atoms with Gasteiger partial charge in [-0.1, -0.05) is 12.1 Å². The van der Waals surface area contributed by atoms with Gasteiger partial charge in [0.15, 0.2) is 0 Å². The minimum Gasteiger partial charge on any atom is -0.493 e. The zero-order valence-electron chi connectivity index (χ0n) is 13.6. The maximum absolute atomic E-state index is 12.8. The molecule has 134 valence electrons. The number of carbonyl (C=O) groups is 1. The van der Waals surface area contributed by atoms with Crippen molar-refractivity contribution in [3.05, 3.63) is 59.9 Å². The van der Waals surface area contributed by atoms with Gasteiger partial charge in [-0.15, -0.1) is 0 Å². The molecule has 1 amide bonds. The van der Waals surface area contributed by atoms with Gasteiger partial charge in [0, 0.05) is 13.6 Å². The van der Waals surface area contributed by atoms with Crippen molar-refractivity contribution in [1.82, 2.24) is 4.90 Å². The molecule has 0 atom stereocenters. The monoisotopic (exact) mass is 353 g/mol. The Balaban J connectivity index is 1.76. The molecule has 0 unspecified atom stereocenters. The highest BCUT2D eigenvalue weighted by Crippen LogP contribution is 2.16. The Morgan fingerprint density at radius 3 is 2.24 bits per heavy atom. The zero-order valence-corrected chi connectivity index (χ0v) is 13.6. The van der Waals surface area contributed by atoms with E-state index < -0.39 is 6.61 Å². The van der Waals surface area contributed by atoms with Crippen LogP contribution in [0.3, 0.4) is 0 Å². The fraction of sp³-hybridized carbons (Fsp3) is 0.278. The molecule has 0 bridgehead atoms. The van der Waals surface area contributed by atoms with E-state index in [1.54, 1.807) is 19.2 Å². The predicted molar refractivity (Wildman–Crippen MR) is 86.1 cm³/mol. The number of amides is 1. The van der Waals surface area contributed by atoms with E-state index in [9.17, 15) is 18.0 Å². The number of halogens is 3. The van der Waals surface area contributed by atoms with Crippen molar-refractivity contribution < 1.29 is 27.4 Å². The number of nitrogens with zero attached hydrogens (tertiary/aromatic N) is 1. The Labute approximate surface area is 143 Å². The van der Waals surface area contributed by atoms with Crippen LogP contribution in [0.25, 0.3) is 0 Å². The summed E-state index contributed by atoms with van der Waals surface area (Å²) in [6.45, 7) is -2.35. The van der Waals surface area contributed by atoms with E-state index in [2.05, 4.69) is 4.74 Å². The van der Waals surface area contributed by atoms with Gasteiger partial charge in [0.1, 0.15) is 17.3 Å². The molecule has 25 heavy (non-hydrogen) atoms. The van der Waals surface area contributed by atoms with E-state index in [1.807, 2.05) is 0 Å². The van der Waals surface area contributed by atoms with Gasteiger partial charge in [-0.25, -0.2) is 4.39 Å². The van der Waals surface area contributed by atoms with Gasteiger partial charge in [-0.05, 0) is 42.0 Å². The van der Waals surface area contributed by atoms with E-state index in [4.69, 9.17) is 4.74 Å². The molecule has 2 rings (SSSR count). The average molecular weight is 353 g/mol. The van der Waals surface area contributed by atoms with Crippen molar-refractivity contribution in [1.29, 1.82) is 0 Å². The van der Waals surface area contributed by atoms with Crippen LogP contribution >= 0.6 is 0 Å². The van der Waals surface area contributed by atoms with Crippen LogP contribution in [-0.4, -0.2) is 31.1 Å². The largest absolute Gasteiger partial charge is 0.493 e. The molecule has 0 fully saturated rings. The van der Waals surface area contributed by atoms with Gasteiger partial charge < -0.3 is 14.4 Å². The molecule has 0 radical (unpaired) electrons. The number of benzene rings is 2. The molecule has 0 N–H and O–H groups in total. The summed E-state index contributed by atoms with van der Waals surface area (Å²) >= 11 is 0. The van der Waals surface area contributed by atoms with E-state index in [1.165, 1.54) is 41.3 Å². The van der Waals surface area contributed by atoms with E-state index >= 15 is 0 Å². The summed E-state index contributed by atoms with van der Waals surface area (Å²) in [5.74, 6) is 0.0787. The Kier molecular flexibility index (Phi) is 6.68. The Hall–Kier alpha value is -2.70. The lowest BCUT2D eigenvalue weighted by Gasteiger charge is -2.17. The van der Waals surface area contributed by atoms with Crippen LogP contribution in [0.2, 0.25) is 0 Å². The highest BCUT2D eigenvalue weighted by molar-refractivity contribution is 5.76. The summed E-state index contributed by atoms with van der Waals surface area (Å²) < 4.78 is 46.6. The Morgan fingerprint density at radius 1 is 1.04 bits per heavy atom. The summed E-state index contributed by atoms with van der Waals surface area (Å²) in [5.41, 5.74) is 0.789. The molecule has 7 heteroatoms. The standard InChI is InChI=1S/C18H18F3NO3/c1-22(12-13-2-6-16(7-3-13)25-18(20)21)17(23)10-11-24-15-8-4-14(19)5-9-15/h2-9,18H,10-12H2,1H3. The van der Waals surface area contributed by atoms with Crippen LogP contribution in [0.1, 0.15) is 12.0 Å². The summed E-state index contributed by atoms with van der Waals surface area (Å²) in [5, 5.41) is 0. The van der Waals surface area contributed by atoms with Crippen LogP contribution in [-0.2, 0) is 11.3 Å². The molecule has 0 aromatic heterocycles. The van der Waals surface area contributed by atoms with Crippen LogP contribution in [0, 0.1) is 5.82 Å². The Bertz CT molecular complexity index is 675. The van der Waals surface area contributed by atoms with E-state index in [0.29, 0.717) is 12.3 Å². The molecule has 0 aliphatic heterocycles. The fourth-order valence-corrected chi connectivity index (χ4v) is 2.12. The molecule has 0 aliphatic carbocycles. The van der Waals surface area contributed by atoms with Crippen molar-refractivity contribution in [2.75, 3.05) is 13.7 Å². The van der Waals surface area contributed by atoms with Gasteiger partial charge in [0.05, 0.1) is 13.0 Å². The first kappa shape index (κ1) is 18.6. The summed E-state index contributed by atoms with van der Waals surface area (Å²) in [7, 11) is 1.64. The number of ether oxygens (including phenoxy) is 2. The smallest absolute Gasteiger partial charge is 0.387 e. The maximum atomic E-state index is 12.8. The maximum Gasteiger partial charge on any atom is 0.387 e. The highest BCUT2D eigenvalue weighted by atomic mass is 19.3. The van der Waals surface area contributed by atoms with Gasteiger partial charge in [0.25, 0.3) is 0 Å². The highest BCUT2D eigenvalue weighted by Gasteiger charge is 2.10. The third-order valence-electron chi connectivity index (χ3n) is 3.39. The second kappa shape index (κ2) is 8.96. The van der Waals surface area contributed by atoms with Gasteiger partial charge in [-0.3, -0.25) is 4.79 Å². The van der Waals surface area contributed by atoms with E-state index in [0.717, 1.165) is 5.56 Å². The predicted octanol–water partition coefficient (Wildman–Crippen LogP) is 3.85. The molecule has 0 heterocycles. The minimum absolute atomic E-state index is 0.0698. The number of hydrogen-bond acceptors (Lipinski definition) is 3. The van der Waals surface area contributed by atoms with Crippen molar-refractivity contribution in [2.24, 2.45) is 0 Å². The van der Waals surface area contributed by atoms with Gasteiger partial charge in [0.2, 0.25) is 5.91 Å². The second-order valence-corrected chi connectivity index (χ2v) is 5.32. The molecule has 0 saturated heterocycles. The molecule has 2 aromatic carbocycles. The summed E-state index contributed by atoms with van der Waals surface area (Å²) in [6.07, 6.45) is 0.167. The zero-order chi connectivity index (χ0) is 18.2. The first-order valence-electron chi connectivity index (χ1n) is 7.60. The molecule has 0 aliphatic rings. The van der Waals surface area contributed by atoms with Crippen molar-refractivity contribution in [2.45, 2.75) is 19.6 Å². The number of hydrogen-bond donors (Lipinski definition) is 0. The first-order valence-corrected chi connectivity index (χ1v) is 7.60. The average Bonchev–Trinajstić information content (AvgIpc) is 2.58. The number of alkyl halides is 2. The third-order valence-corrected chi connectivity index (χ3v) is 3.39. The minimum atomic E-state index is -2.86. The number of carbonyl (C=O) groups excluding carboxylic acids is 1. The molecule has 4 nitrogen and oxygen atoms in total. The lowest BCUT2D eigenvalue weighted by atomic mass is 10.2. The molecular weight excluding hydrogens is 335 g/mol. The molecule has 2 aromatic rings. The lowest BCUT2D eigenvalue weighted by Crippen LogP contribution is -2.27. The molecule has 0 saturated carbocycles.